The molecule has 0 saturated carbocycles. The molecule has 0 heterocycles. The molecule has 0 fully saturated rings. The molecule has 1 amide bonds. The summed E-state index contributed by atoms with van der Waals surface area (Å²) >= 11 is 5.66. The van der Waals surface area contributed by atoms with Gasteiger partial charge in [-0.1, -0.05) is 35.6 Å². The second-order valence-corrected chi connectivity index (χ2v) is 4.55. The fourth-order valence-corrected chi connectivity index (χ4v) is 1.88. The smallest absolute Gasteiger partial charge is 0.258 e. The predicted molar refractivity (Wildman–Crippen MR) is 81.7 cm³/mol. The largest absolute Gasteiger partial charge is 0.322 e. The highest BCUT2D eigenvalue weighted by Gasteiger charge is 2.14. The van der Waals surface area contributed by atoms with E-state index >= 15 is 0 Å². The van der Waals surface area contributed by atoms with E-state index in [1.807, 2.05) is 0 Å². The Morgan fingerprint density at radius 1 is 1.29 bits per heavy atom. The van der Waals surface area contributed by atoms with Crippen molar-refractivity contribution in [3.63, 3.8) is 0 Å². The van der Waals surface area contributed by atoms with Crippen molar-refractivity contribution in [3.05, 3.63) is 64.4 Å². The standard InChI is InChI=1S/C16H12ClFN2O/c17-14-8-2-7-13(15(14)18)16(21)20-12-6-1-4-11(10-12)5-3-9-19/h1-2,4,6-8,10H,9,19H2,(H,20,21). The Bertz CT molecular complexity index is 735. The molecule has 0 radical (unpaired) electrons. The van der Waals surface area contributed by atoms with Gasteiger partial charge in [0.15, 0.2) is 5.82 Å². The van der Waals surface area contributed by atoms with Crippen molar-refractivity contribution in [3.8, 4) is 11.8 Å². The summed E-state index contributed by atoms with van der Waals surface area (Å²) in [4.78, 5) is 12.0. The highest BCUT2D eigenvalue weighted by molar-refractivity contribution is 6.31. The van der Waals surface area contributed by atoms with Gasteiger partial charge in [-0.25, -0.2) is 4.39 Å². The van der Waals surface area contributed by atoms with Gasteiger partial charge in [0.2, 0.25) is 0 Å². The minimum Gasteiger partial charge on any atom is -0.322 e. The Balaban J connectivity index is 2.22. The predicted octanol–water partition coefficient (Wildman–Crippen LogP) is 3.04. The highest BCUT2D eigenvalue weighted by atomic mass is 35.5. The topological polar surface area (TPSA) is 55.1 Å². The van der Waals surface area contributed by atoms with Crippen LogP contribution >= 0.6 is 11.6 Å². The Hall–Kier alpha value is -2.35. The van der Waals surface area contributed by atoms with Crippen LogP contribution < -0.4 is 11.1 Å². The quantitative estimate of drug-likeness (QED) is 0.838. The zero-order chi connectivity index (χ0) is 15.2. The molecule has 3 N–H and O–H groups in total. The van der Waals surface area contributed by atoms with E-state index in [1.54, 1.807) is 24.3 Å². The second-order valence-electron chi connectivity index (χ2n) is 4.14. The molecule has 106 valence electrons. The summed E-state index contributed by atoms with van der Waals surface area (Å²) in [5.74, 6) is 4.27. The van der Waals surface area contributed by atoms with Crippen LogP contribution in [0, 0.1) is 17.7 Å². The molecular formula is C16H12ClFN2O. The summed E-state index contributed by atoms with van der Waals surface area (Å²) in [5, 5.41) is 2.51. The van der Waals surface area contributed by atoms with Crippen molar-refractivity contribution in [1.82, 2.24) is 0 Å². The molecule has 0 saturated heterocycles. The first-order chi connectivity index (χ1) is 10.1. The lowest BCUT2D eigenvalue weighted by atomic mass is 10.1. The van der Waals surface area contributed by atoms with Gasteiger partial charge in [-0.15, -0.1) is 0 Å². The third-order valence-corrected chi connectivity index (χ3v) is 2.94. The third-order valence-electron chi connectivity index (χ3n) is 2.65. The Kier molecular flexibility index (Phi) is 4.94. The van der Waals surface area contributed by atoms with Crippen LogP contribution in [0.5, 0.6) is 0 Å². The minimum atomic E-state index is -0.740. The number of hydrogen-bond donors (Lipinski definition) is 2. The van der Waals surface area contributed by atoms with Crippen molar-refractivity contribution in [1.29, 1.82) is 0 Å². The van der Waals surface area contributed by atoms with E-state index in [2.05, 4.69) is 17.2 Å². The molecule has 0 unspecified atom stereocenters. The van der Waals surface area contributed by atoms with Gasteiger partial charge >= 0.3 is 0 Å². The van der Waals surface area contributed by atoms with Gasteiger partial charge in [-0.2, -0.15) is 0 Å². The van der Waals surface area contributed by atoms with Crippen LogP contribution in [0.1, 0.15) is 15.9 Å². The molecule has 0 aliphatic carbocycles. The van der Waals surface area contributed by atoms with Crippen molar-refractivity contribution in [2.24, 2.45) is 5.73 Å². The second kappa shape index (κ2) is 6.89. The van der Waals surface area contributed by atoms with E-state index in [0.29, 0.717) is 11.3 Å². The molecule has 0 aromatic heterocycles. The molecule has 3 nitrogen and oxygen atoms in total. The van der Waals surface area contributed by atoms with E-state index < -0.39 is 11.7 Å². The molecule has 21 heavy (non-hydrogen) atoms. The Morgan fingerprint density at radius 2 is 2.05 bits per heavy atom. The first-order valence-electron chi connectivity index (χ1n) is 6.16. The molecule has 0 atom stereocenters. The van der Waals surface area contributed by atoms with E-state index in [1.165, 1.54) is 18.2 Å². The molecule has 0 aliphatic rings. The average molecular weight is 303 g/mol. The van der Waals surface area contributed by atoms with E-state index in [4.69, 9.17) is 17.3 Å². The van der Waals surface area contributed by atoms with Gasteiger partial charge in [-0.3, -0.25) is 4.79 Å². The molecule has 2 aromatic rings. The summed E-state index contributed by atoms with van der Waals surface area (Å²) in [6.07, 6.45) is 0. The maximum Gasteiger partial charge on any atom is 0.258 e. The molecule has 2 aromatic carbocycles. The number of benzene rings is 2. The summed E-state index contributed by atoms with van der Waals surface area (Å²) in [5.41, 5.74) is 6.42. The maximum atomic E-state index is 13.8. The van der Waals surface area contributed by atoms with Crippen LogP contribution in [0.15, 0.2) is 42.5 Å². The van der Waals surface area contributed by atoms with Gasteiger partial charge in [0, 0.05) is 11.3 Å². The van der Waals surface area contributed by atoms with E-state index in [9.17, 15) is 9.18 Å². The summed E-state index contributed by atoms with van der Waals surface area (Å²) in [6.45, 7) is 0.254. The summed E-state index contributed by atoms with van der Waals surface area (Å²) < 4.78 is 13.8. The molecule has 0 spiro atoms. The maximum absolute atomic E-state index is 13.8. The van der Waals surface area contributed by atoms with Crippen LogP contribution in [-0.4, -0.2) is 12.5 Å². The number of carbonyl (C=O) groups excluding carboxylic acids is 1. The number of nitrogens with two attached hydrogens (primary N) is 1. The highest BCUT2D eigenvalue weighted by Crippen LogP contribution is 2.19. The van der Waals surface area contributed by atoms with Gasteiger partial charge in [0.25, 0.3) is 5.91 Å². The van der Waals surface area contributed by atoms with E-state index in [0.717, 1.165) is 0 Å². The van der Waals surface area contributed by atoms with Gasteiger partial charge in [0.05, 0.1) is 17.1 Å². The Morgan fingerprint density at radius 3 is 2.81 bits per heavy atom. The molecule has 5 heteroatoms. The number of carbonyl (C=O) groups is 1. The lowest BCUT2D eigenvalue weighted by Gasteiger charge is -2.07. The number of nitrogens with one attached hydrogen (secondary N) is 1. The monoisotopic (exact) mass is 302 g/mol. The van der Waals surface area contributed by atoms with Crippen molar-refractivity contribution in [2.45, 2.75) is 0 Å². The van der Waals surface area contributed by atoms with Crippen LogP contribution in [0.4, 0.5) is 10.1 Å². The number of halogens is 2. The van der Waals surface area contributed by atoms with Crippen LogP contribution in [0.25, 0.3) is 0 Å². The molecule has 2 rings (SSSR count). The van der Waals surface area contributed by atoms with Crippen molar-refractivity contribution in [2.75, 3.05) is 11.9 Å². The number of anilines is 1. The van der Waals surface area contributed by atoms with Gasteiger partial charge < -0.3 is 11.1 Å². The Labute approximate surface area is 126 Å². The number of rotatable bonds is 2. The van der Waals surface area contributed by atoms with E-state index in [-0.39, 0.29) is 17.1 Å². The molecule has 0 bridgehead atoms. The third kappa shape index (κ3) is 3.82. The van der Waals surface area contributed by atoms with Gasteiger partial charge in [0.1, 0.15) is 0 Å². The SMILES string of the molecule is NCC#Cc1cccc(NC(=O)c2cccc(Cl)c2F)c1. The summed E-state index contributed by atoms with van der Waals surface area (Å²) in [7, 11) is 0. The van der Waals surface area contributed by atoms with Crippen molar-refractivity contribution < 1.29 is 9.18 Å². The number of amides is 1. The fraction of sp³-hybridized carbons (Fsp3) is 0.0625. The van der Waals surface area contributed by atoms with Crippen molar-refractivity contribution >= 4 is 23.2 Å². The minimum absolute atomic E-state index is 0.0924. The first-order valence-corrected chi connectivity index (χ1v) is 6.54. The lowest BCUT2D eigenvalue weighted by molar-refractivity contribution is 0.102. The normalized spacial score (nSPS) is 9.67. The number of hydrogen-bond acceptors (Lipinski definition) is 2. The van der Waals surface area contributed by atoms with Crippen LogP contribution in [0.2, 0.25) is 5.02 Å². The first kappa shape index (κ1) is 15.0. The fourth-order valence-electron chi connectivity index (χ4n) is 1.71. The van der Waals surface area contributed by atoms with Gasteiger partial charge in [-0.05, 0) is 30.3 Å². The summed E-state index contributed by atoms with van der Waals surface area (Å²) in [6, 6.07) is 11.2. The zero-order valence-electron chi connectivity index (χ0n) is 11.0. The zero-order valence-corrected chi connectivity index (χ0v) is 11.7. The van der Waals surface area contributed by atoms with Crippen LogP contribution in [0.3, 0.4) is 0 Å². The lowest BCUT2D eigenvalue weighted by Crippen LogP contribution is -2.14. The molecular weight excluding hydrogens is 291 g/mol. The van der Waals surface area contributed by atoms with Crippen LogP contribution in [-0.2, 0) is 0 Å². The molecule has 0 aliphatic heterocycles. The average Bonchev–Trinajstić information content (AvgIpc) is 2.48.